The summed E-state index contributed by atoms with van der Waals surface area (Å²) >= 11 is 0. The third kappa shape index (κ3) is 1.90. The quantitative estimate of drug-likeness (QED) is 0.545. The van der Waals surface area contributed by atoms with E-state index in [-0.39, 0.29) is 12.2 Å². The Morgan fingerprint density at radius 1 is 1.45 bits per heavy atom. The highest BCUT2D eigenvalue weighted by atomic mass is 16.6. The molecule has 1 aliphatic rings. The molecule has 1 saturated heterocycles. The lowest BCUT2D eigenvalue weighted by Gasteiger charge is -2.34. The molecule has 0 aromatic heterocycles. The molecule has 4 heteroatoms. The van der Waals surface area contributed by atoms with Crippen LogP contribution < -0.4 is 0 Å². The van der Waals surface area contributed by atoms with Gasteiger partial charge < -0.3 is 19.7 Å². The monoisotopic (exact) mass is 162 g/mol. The summed E-state index contributed by atoms with van der Waals surface area (Å²) in [4.78, 5) is 0. The summed E-state index contributed by atoms with van der Waals surface area (Å²) in [5, 5.41) is 18.4. The Morgan fingerprint density at radius 3 is 2.64 bits per heavy atom. The Kier molecular flexibility index (Phi) is 2.84. The maximum absolute atomic E-state index is 9.26. The van der Waals surface area contributed by atoms with Crippen molar-refractivity contribution in [2.75, 3.05) is 7.11 Å². The van der Waals surface area contributed by atoms with Gasteiger partial charge in [-0.25, -0.2) is 0 Å². The first-order valence-electron chi connectivity index (χ1n) is 3.69. The Hall–Kier alpha value is -0.160. The molecule has 0 radical (unpaired) electrons. The average molecular weight is 162 g/mol. The van der Waals surface area contributed by atoms with Crippen LogP contribution >= 0.6 is 0 Å². The molecule has 1 fully saturated rings. The zero-order valence-electron chi connectivity index (χ0n) is 6.73. The van der Waals surface area contributed by atoms with Crippen LogP contribution in [-0.4, -0.2) is 41.9 Å². The number of hydrogen-bond donors (Lipinski definition) is 2. The van der Waals surface area contributed by atoms with E-state index in [2.05, 4.69) is 0 Å². The van der Waals surface area contributed by atoms with E-state index in [1.54, 1.807) is 0 Å². The molecular formula is C7H14O4. The molecular weight excluding hydrogens is 148 g/mol. The molecule has 0 spiro atoms. The fraction of sp³-hybridized carbons (Fsp3) is 1.00. The molecule has 0 bridgehead atoms. The predicted molar refractivity (Wildman–Crippen MR) is 38.0 cm³/mol. The van der Waals surface area contributed by atoms with Crippen molar-refractivity contribution in [2.45, 2.75) is 37.9 Å². The van der Waals surface area contributed by atoms with E-state index in [1.807, 2.05) is 6.92 Å². The van der Waals surface area contributed by atoms with Gasteiger partial charge in [-0.05, 0) is 6.92 Å². The summed E-state index contributed by atoms with van der Waals surface area (Å²) in [6, 6.07) is 0. The Morgan fingerprint density at radius 2 is 2.09 bits per heavy atom. The molecule has 2 N–H and O–H groups in total. The van der Waals surface area contributed by atoms with Gasteiger partial charge in [0.2, 0.25) is 0 Å². The van der Waals surface area contributed by atoms with Crippen LogP contribution in [-0.2, 0) is 9.47 Å². The van der Waals surface area contributed by atoms with Gasteiger partial charge >= 0.3 is 0 Å². The summed E-state index contributed by atoms with van der Waals surface area (Å²) in [6.45, 7) is 1.83. The van der Waals surface area contributed by atoms with Gasteiger partial charge in [-0.3, -0.25) is 0 Å². The molecule has 0 amide bonds. The number of hydrogen-bond acceptors (Lipinski definition) is 4. The van der Waals surface area contributed by atoms with Crippen molar-refractivity contribution in [3.05, 3.63) is 0 Å². The van der Waals surface area contributed by atoms with E-state index >= 15 is 0 Å². The van der Waals surface area contributed by atoms with E-state index in [1.165, 1.54) is 7.11 Å². The van der Waals surface area contributed by atoms with Crippen LogP contribution in [0.15, 0.2) is 0 Å². The molecule has 66 valence electrons. The number of aliphatic hydroxyl groups is 2. The van der Waals surface area contributed by atoms with Crippen LogP contribution in [0.4, 0.5) is 0 Å². The van der Waals surface area contributed by atoms with Gasteiger partial charge in [-0.2, -0.15) is 0 Å². The van der Waals surface area contributed by atoms with Crippen LogP contribution in [0.25, 0.3) is 0 Å². The first kappa shape index (κ1) is 8.93. The third-order valence-corrected chi connectivity index (χ3v) is 1.91. The minimum atomic E-state index is -1.11. The standard InChI is InChI=1S/C7H14O4/c1-4-3-5(10-2)6(8)7(9)11-4/h4-9H,3H2,1-2H3/t4-,5+,6+,7+/m0/s1. The van der Waals surface area contributed by atoms with Crippen molar-refractivity contribution < 1.29 is 19.7 Å². The molecule has 0 aromatic rings. The number of methoxy groups -OCH3 is 1. The van der Waals surface area contributed by atoms with Crippen LogP contribution in [0, 0.1) is 0 Å². The topological polar surface area (TPSA) is 58.9 Å². The van der Waals surface area contributed by atoms with Crippen molar-refractivity contribution in [2.24, 2.45) is 0 Å². The molecule has 0 saturated carbocycles. The number of ether oxygens (including phenoxy) is 2. The minimum absolute atomic E-state index is 0.0571. The molecule has 11 heavy (non-hydrogen) atoms. The molecule has 4 atom stereocenters. The Labute approximate surface area is 65.7 Å². The van der Waals surface area contributed by atoms with Gasteiger partial charge in [0.05, 0.1) is 12.2 Å². The first-order valence-corrected chi connectivity index (χ1v) is 3.69. The first-order chi connectivity index (χ1) is 5.15. The summed E-state index contributed by atoms with van der Waals surface area (Å²) in [6.07, 6.45) is -1.78. The molecule has 0 aromatic carbocycles. The second-order valence-electron chi connectivity index (χ2n) is 2.84. The van der Waals surface area contributed by atoms with E-state index < -0.39 is 12.4 Å². The molecule has 1 heterocycles. The Bertz CT molecular complexity index is 128. The lowest BCUT2D eigenvalue weighted by molar-refractivity contribution is -0.247. The summed E-state index contributed by atoms with van der Waals surface area (Å²) < 4.78 is 9.91. The van der Waals surface area contributed by atoms with Crippen molar-refractivity contribution in [3.8, 4) is 0 Å². The molecule has 1 rings (SSSR count). The van der Waals surface area contributed by atoms with Crippen LogP contribution in [0.3, 0.4) is 0 Å². The maximum atomic E-state index is 9.26. The largest absolute Gasteiger partial charge is 0.385 e. The Balaban J connectivity index is 2.51. The van der Waals surface area contributed by atoms with Gasteiger partial charge in [0.1, 0.15) is 6.10 Å². The zero-order chi connectivity index (χ0) is 8.43. The predicted octanol–water partition coefficient (Wildman–Crippen LogP) is -0.510. The van der Waals surface area contributed by atoms with Crippen LogP contribution in [0.5, 0.6) is 0 Å². The van der Waals surface area contributed by atoms with Gasteiger partial charge in [0.25, 0.3) is 0 Å². The minimum Gasteiger partial charge on any atom is -0.385 e. The van der Waals surface area contributed by atoms with Gasteiger partial charge in [-0.1, -0.05) is 0 Å². The van der Waals surface area contributed by atoms with Crippen molar-refractivity contribution in [1.29, 1.82) is 0 Å². The van der Waals surface area contributed by atoms with Gasteiger partial charge in [-0.15, -0.1) is 0 Å². The summed E-state index contributed by atoms with van der Waals surface area (Å²) in [7, 11) is 1.51. The van der Waals surface area contributed by atoms with E-state index in [9.17, 15) is 5.11 Å². The fourth-order valence-corrected chi connectivity index (χ4v) is 1.26. The maximum Gasteiger partial charge on any atom is 0.183 e. The SMILES string of the molecule is CO[C@@H]1C[C@H](C)O[C@@H](O)[C@@H]1O. The highest BCUT2D eigenvalue weighted by Gasteiger charge is 2.34. The van der Waals surface area contributed by atoms with Crippen molar-refractivity contribution >= 4 is 0 Å². The lowest BCUT2D eigenvalue weighted by Crippen LogP contribution is -2.48. The highest BCUT2D eigenvalue weighted by molar-refractivity contribution is 4.79. The van der Waals surface area contributed by atoms with Crippen molar-refractivity contribution in [3.63, 3.8) is 0 Å². The van der Waals surface area contributed by atoms with Crippen molar-refractivity contribution in [1.82, 2.24) is 0 Å². The average Bonchev–Trinajstić information content (AvgIpc) is 1.96. The highest BCUT2D eigenvalue weighted by Crippen LogP contribution is 2.20. The number of rotatable bonds is 1. The molecule has 0 aliphatic carbocycles. The smallest absolute Gasteiger partial charge is 0.183 e. The summed E-state index contributed by atoms with van der Waals surface area (Å²) in [5.41, 5.74) is 0. The fourth-order valence-electron chi connectivity index (χ4n) is 1.26. The van der Waals surface area contributed by atoms with Crippen LogP contribution in [0.1, 0.15) is 13.3 Å². The van der Waals surface area contributed by atoms with Gasteiger partial charge in [0.15, 0.2) is 6.29 Å². The van der Waals surface area contributed by atoms with E-state index in [4.69, 9.17) is 14.6 Å². The van der Waals surface area contributed by atoms with E-state index in [0.717, 1.165) is 0 Å². The summed E-state index contributed by atoms with van der Waals surface area (Å²) in [5.74, 6) is 0. The van der Waals surface area contributed by atoms with Crippen LogP contribution in [0.2, 0.25) is 0 Å². The molecule has 0 unspecified atom stereocenters. The number of aliphatic hydroxyl groups excluding tert-OH is 2. The molecule has 4 nitrogen and oxygen atoms in total. The van der Waals surface area contributed by atoms with E-state index in [0.29, 0.717) is 6.42 Å². The van der Waals surface area contributed by atoms with Gasteiger partial charge in [0, 0.05) is 13.5 Å². The second kappa shape index (κ2) is 3.49. The lowest BCUT2D eigenvalue weighted by atomic mass is 10.0. The molecule has 1 aliphatic heterocycles. The third-order valence-electron chi connectivity index (χ3n) is 1.91. The zero-order valence-corrected chi connectivity index (χ0v) is 6.73. The normalized spacial score (nSPS) is 45.8. The second-order valence-corrected chi connectivity index (χ2v) is 2.84.